The van der Waals surface area contributed by atoms with Crippen molar-refractivity contribution in [2.24, 2.45) is 0 Å². The van der Waals surface area contributed by atoms with Crippen molar-refractivity contribution in [3.05, 3.63) is 34.4 Å². The average molecular weight is 291 g/mol. The van der Waals surface area contributed by atoms with E-state index in [1.165, 1.54) is 22.3 Å². The van der Waals surface area contributed by atoms with Crippen molar-refractivity contribution in [1.82, 2.24) is 5.32 Å². The number of benzene rings is 1. The number of hydrogen-bond acceptors (Lipinski definition) is 2. The van der Waals surface area contributed by atoms with Gasteiger partial charge in [0.2, 0.25) is 0 Å². The van der Waals surface area contributed by atoms with Gasteiger partial charge in [0.15, 0.2) is 0 Å². The smallest absolute Gasteiger partial charge is 0.309 e. The Balaban J connectivity index is 2.57. The predicted molar refractivity (Wildman–Crippen MR) is 75.6 cm³/mol. The molecule has 108 valence electrons. The van der Waals surface area contributed by atoms with Gasteiger partial charge in [-0.15, -0.1) is 0 Å². The van der Waals surface area contributed by atoms with E-state index in [9.17, 15) is 13.2 Å². The summed E-state index contributed by atoms with van der Waals surface area (Å²) in [5.74, 6) is 0.0395. The Bertz CT molecular complexity index is 406. The molecule has 1 unspecified atom stereocenters. The molecule has 0 aromatic heterocycles. The maximum absolute atomic E-state index is 12.0. The van der Waals surface area contributed by atoms with Crippen LogP contribution in [0.5, 0.6) is 0 Å². The molecule has 1 aromatic rings. The topological polar surface area (TPSA) is 12.0 Å². The molecule has 0 heterocycles. The maximum Gasteiger partial charge on any atom is 0.441 e. The molecule has 0 aliphatic heterocycles. The van der Waals surface area contributed by atoms with Crippen molar-refractivity contribution in [2.75, 3.05) is 12.3 Å². The molecule has 5 heteroatoms. The molecule has 1 rings (SSSR count). The van der Waals surface area contributed by atoms with E-state index in [0.29, 0.717) is 6.54 Å². The second kappa shape index (κ2) is 6.66. The molecule has 0 bridgehead atoms. The second-order valence-electron chi connectivity index (χ2n) is 4.78. The summed E-state index contributed by atoms with van der Waals surface area (Å²) in [5.41, 5.74) is 0.615. The zero-order valence-corrected chi connectivity index (χ0v) is 12.5. The van der Waals surface area contributed by atoms with Gasteiger partial charge in [0, 0.05) is 18.3 Å². The fraction of sp³-hybridized carbons (Fsp3) is 0.571. The first-order chi connectivity index (χ1) is 8.70. The minimum absolute atomic E-state index is 0.0191. The number of aryl methyl sites for hydroxylation is 3. The molecular formula is C14H20F3NS. The SMILES string of the molecule is Cc1cc(C)c(C(C)NCCSC(F)(F)F)c(C)c1. The largest absolute Gasteiger partial charge is 0.441 e. The average Bonchev–Trinajstić information content (AvgIpc) is 2.21. The highest BCUT2D eigenvalue weighted by atomic mass is 32.2. The number of thioether (sulfide) groups is 1. The van der Waals surface area contributed by atoms with E-state index >= 15 is 0 Å². The van der Waals surface area contributed by atoms with E-state index in [-0.39, 0.29) is 23.6 Å². The summed E-state index contributed by atoms with van der Waals surface area (Å²) in [6, 6.07) is 4.27. The van der Waals surface area contributed by atoms with Gasteiger partial charge in [-0.05, 0) is 56.1 Å². The summed E-state index contributed by atoms with van der Waals surface area (Å²) >= 11 is 0.0191. The van der Waals surface area contributed by atoms with E-state index in [4.69, 9.17) is 0 Å². The van der Waals surface area contributed by atoms with E-state index in [2.05, 4.69) is 17.4 Å². The van der Waals surface area contributed by atoms with Crippen LogP contribution in [0, 0.1) is 20.8 Å². The van der Waals surface area contributed by atoms with Crippen LogP contribution in [0.25, 0.3) is 0 Å². The first-order valence-corrected chi connectivity index (χ1v) is 7.21. The Morgan fingerprint density at radius 2 is 1.68 bits per heavy atom. The quantitative estimate of drug-likeness (QED) is 0.801. The van der Waals surface area contributed by atoms with Crippen LogP contribution in [0.15, 0.2) is 12.1 Å². The summed E-state index contributed by atoms with van der Waals surface area (Å²) in [7, 11) is 0. The molecule has 1 atom stereocenters. The number of halogens is 3. The third-order valence-corrected chi connectivity index (χ3v) is 3.72. The molecule has 0 saturated heterocycles. The standard InChI is InChI=1S/C14H20F3NS/c1-9-7-10(2)13(11(3)8-9)12(4)18-5-6-19-14(15,16)17/h7-8,12,18H,5-6H2,1-4H3. The zero-order chi connectivity index (χ0) is 14.6. The van der Waals surface area contributed by atoms with Gasteiger partial charge in [-0.3, -0.25) is 0 Å². The van der Waals surface area contributed by atoms with E-state index < -0.39 is 5.51 Å². The Morgan fingerprint density at radius 3 is 2.16 bits per heavy atom. The van der Waals surface area contributed by atoms with Gasteiger partial charge < -0.3 is 5.32 Å². The highest BCUT2D eigenvalue weighted by molar-refractivity contribution is 8.00. The van der Waals surface area contributed by atoms with Gasteiger partial charge in [-0.2, -0.15) is 13.2 Å². The highest BCUT2D eigenvalue weighted by Crippen LogP contribution is 2.29. The Morgan fingerprint density at radius 1 is 1.16 bits per heavy atom. The zero-order valence-electron chi connectivity index (χ0n) is 11.7. The van der Waals surface area contributed by atoms with Crippen LogP contribution in [0.2, 0.25) is 0 Å². The summed E-state index contributed by atoms with van der Waals surface area (Å²) in [4.78, 5) is 0. The van der Waals surface area contributed by atoms with Crippen LogP contribution >= 0.6 is 11.8 Å². The van der Waals surface area contributed by atoms with Gasteiger partial charge in [-0.25, -0.2) is 0 Å². The van der Waals surface area contributed by atoms with Crippen LogP contribution in [0.3, 0.4) is 0 Å². The second-order valence-corrected chi connectivity index (χ2v) is 5.94. The summed E-state index contributed by atoms with van der Waals surface area (Å²) in [5, 5.41) is 3.15. The lowest BCUT2D eigenvalue weighted by Gasteiger charge is -2.20. The molecule has 0 aliphatic rings. The Labute approximate surface area is 117 Å². The molecule has 0 aliphatic carbocycles. The molecule has 0 radical (unpaired) electrons. The molecule has 0 spiro atoms. The monoisotopic (exact) mass is 291 g/mol. The fourth-order valence-electron chi connectivity index (χ4n) is 2.42. The van der Waals surface area contributed by atoms with E-state index in [1.807, 2.05) is 27.7 Å². The van der Waals surface area contributed by atoms with Crippen LogP contribution in [-0.4, -0.2) is 17.8 Å². The first kappa shape index (κ1) is 16.4. The number of hydrogen-bond donors (Lipinski definition) is 1. The molecule has 1 aromatic carbocycles. The number of nitrogens with one attached hydrogen (secondary N) is 1. The maximum atomic E-state index is 12.0. The summed E-state index contributed by atoms with van der Waals surface area (Å²) in [6.45, 7) is 8.46. The van der Waals surface area contributed by atoms with Crippen LogP contribution < -0.4 is 5.32 Å². The lowest BCUT2D eigenvalue weighted by Crippen LogP contribution is -2.23. The van der Waals surface area contributed by atoms with Crippen LogP contribution in [-0.2, 0) is 0 Å². The normalized spacial score (nSPS) is 13.6. The van der Waals surface area contributed by atoms with Crippen molar-refractivity contribution in [3.8, 4) is 0 Å². The molecule has 1 N–H and O–H groups in total. The van der Waals surface area contributed by atoms with E-state index in [0.717, 1.165) is 0 Å². The minimum atomic E-state index is -4.14. The van der Waals surface area contributed by atoms with Crippen molar-refractivity contribution < 1.29 is 13.2 Å². The molecule has 0 fully saturated rings. The van der Waals surface area contributed by atoms with Gasteiger partial charge in [0.25, 0.3) is 0 Å². The summed E-state index contributed by atoms with van der Waals surface area (Å²) in [6.07, 6.45) is 0. The van der Waals surface area contributed by atoms with Crippen molar-refractivity contribution >= 4 is 11.8 Å². The Hall–Kier alpha value is -0.680. The lowest BCUT2D eigenvalue weighted by atomic mass is 9.95. The van der Waals surface area contributed by atoms with Gasteiger partial charge in [-0.1, -0.05) is 17.7 Å². The van der Waals surface area contributed by atoms with Crippen molar-refractivity contribution in [1.29, 1.82) is 0 Å². The Kier molecular flexibility index (Phi) is 5.74. The number of rotatable bonds is 5. The lowest BCUT2D eigenvalue weighted by molar-refractivity contribution is -0.0327. The predicted octanol–water partition coefficient (Wildman–Crippen LogP) is 4.52. The van der Waals surface area contributed by atoms with Gasteiger partial charge in [0.1, 0.15) is 0 Å². The summed E-state index contributed by atoms with van der Waals surface area (Å²) < 4.78 is 36.0. The van der Waals surface area contributed by atoms with E-state index in [1.54, 1.807) is 0 Å². The third-order valence-electron chi connectivity index (χ3n) is 2.99. The van der Waals surface area contributed by atoms with Gasteiger partial charge >= 0.3 is 5.51 Å². The first-order valence-electron chi connectivity index (χ1n) is 6.22. The van der Waals surface area contributed by atoms with Crippen molar-refractivity contribution in [2.45, 2.75) is 39.2 Å². The third kappa shape index (κ3) is 5.45. The van der Waals surface area contributed by atoms with Crippen LogP contribution in [0.1, 0.15) is 35.2 Å². The molecule has 1 nitrogen and oxygen atoms in total. The minimum Gasteiger partial charge on any atom is -0.309 e. The molecule has 19 heavy (non-hydrogen) atoms. The van der Waals surface area contributed by atoms with Crippen LogP contribution in [0.4, 0.5) is 13.2 Å². The highest BCUT2D eigenvalue weighted by Gasteiger charge is 2.27. The van der Waals surface area contributed by atoms with Crippen molar-refractivity contribution in [3.63, 3.8) is 0 Å². The van der Waals surface area contributed by atoms with Gasteiger partial charge in [0.05, 0.1) is 0 Å². The number of alkyl halides is 3. The fourth-order valence-corrected chi connectivity index (χ4v) is 2.87. The molecule has 0 amide bonds. The molecule has 0 saturated carbocycles. The molecular weight excluding hydrogens is 271 g/mol.